The first-order valence-electron chi connectivity index (χ1n) is 6.02. The molecule has 0 N–H and O–H groups in total. The second-order valence-corrected chi connectivity index (χ2v) is 12.8. The van der Waals surface area contributed by atoms with E-state index in [0.717, 1.165) is 0 Å². The highest BCUT2D eigenvalue weighted by Crippen LogP contribution is 2.85. The summed E-state index contributed by atoms with van der Waals surface area (Å²) in [6, 6.07) is 0. The quantitative estimate of drug-likeness (QED) is 0.520. The van der Waals surface area contributed by atoms with Crippen LogP contribution >= 0.6 is 0 Å². The zero-order valence-corrected chi connectivity index (χ0v) is 12.4. The molecule has 3 heteroatoms. The fraction of sp³-hybridized carbons (Fsp3) is 0.846. The van der Waals surface area contributed by atoms with Crippen LogP contribution in [0.1, 0.15) is 27.7 Å². The molecule has 0 aromatic heterocycles. The van der Waals surface area contributed by atoms with Crippen LogP contribution in [0.25, 0.3) is 0 Å². The molecule has 0 aromatic carbocycles. The van der Waals surface area contributed by atoms with Crippen LogP contribution in [0, 0.1) is 16.7 Å². The van der Waals surface area contributed by atoms with Crippen molar-refractivity contribution in [1.29, 1.82) is 0 Å². The molecule has 2 saturated carbocycles. The highest BCUT2D eigenvalue weighted by molar-refractivity contribution is 6.85. The maximum absolute atomic E-state index is 12.7. The normalized spacial score (nSPS) is 39.8. The zero-order chi connectivity index (χ0) is 12.7. The van der Waals surface area contributed by atoms with Crippen LogP contribution in [0.4, 0.5) is 0 Å². The number of rotatable bonds is 1. The van der Waals surface area contributed by atoms with Gasteiger partial charge in [-0.05, 0) is 19.3 Å². The number of carbonyl (C=O) groups excluding carboxylic acids is 2. The Labute approximate surface area is 98.8 Å². The minimum atomic E-state index is -1.67. The number of hydrogen-bond donors (Lipinski definition) is 0. The molecule has 2 nitrogen and oxygen atoms in total. The lowest BCUT2D eigenvalue weighted by molar-refractivity contribution is -0.136. The summed E-state index contributed by atoms with van der Waals surface area (Å²) in [6.45, 7) is 14.5. The van der Waals surface area contributed by atoms with Gasteiger partial charge in [0.2, 0.25) is 0 Å². The molecule has 0 aromatic rings. The molecule has 90 valence electrons. The summed E-state index contributed by atoms with van der Waals surface area (Å²) >= 11 is 0. The van der Waals surface area contributed by atoms with Gasteiger partial charge in [-0.25, -0.2) is 0 Å². The van der Waals surface area contributed by atoms with E-state index in [4.69, 9.17) is 0 Å². The van der Waals surface area contributed by atoms with Gasteiger partial charge in [-0.3, -0.25) is 9.59 Å². The topological polar surface area (TPSA) is 34.1 Å². The van der Waals surface area contributed by atoms with Gasteiger partial charge in [-0.15, -0.1) is 0 Å². The molecule has 0 amide bonds. The SMILES string of the molecule is CC1(C)C(=O)[C@@H]2C(C)(C)[C@]2([Si](C)(C)C)C1=O. The summed E-state index contributed by atoms with van der Waals surface area (Å²) < 4.78 is 0. The third-order valence-corrected chi connectivity index (χ3v) is 8.60. The highest BCUT2D eigenvalue weighted by atomic mass is 28.3. The van der Waals surface area contributed by atoms with E-state index in [0.29, 0.717) is 0 Å². The molecule has 0 heterocycles. The van der Waals surface area contributed by atoms with Crippen LogP contribution in [0.3, 0.4) is 0 Å². The second-order valence-electron chi connectivity index (χ2n) is 7.53. The molecule has 2 aliphatic rings. The largest absolute Gasteiger partial charge is 0.298 e. The molecule has 0 radical (unpaired) electrons. The summed E-state index contributed by atoms with van der Waals surface area (Å²) in [5.41, 5.74) is -0.832. The molecule has 2 atom stereocenters. The third-order valence-electron chi connectivity index (χ3n) is 5.07. The minimum Gasteiger partial charge on any atom is -0.298 e. The van der Waals surface area contributed by atoms with Gasteiger partial charge in [-0.1, -0.05) is 33.5 Å². The second kappa shape index (κ2) is 2.52. The van der Waals surface area contributed by atoms with Crippen molar-refractivity contribution in [3.05, 3.63) is 0 Å². The van der Waals surface area contributed by atoms with E-state index in [2.05, 4.69) is 33.5 Å². The van der Waals surface area contributed by atoms with Crippen LogP contribution in [0.5, 0.6) is 0 Å². The summed E-state index contributed by atoms with van der Waals surface area (Å²) in [7, 11) is -1.67. The summed E-state index contributed by atoms with van der Waals surface area (Å²) in [5.74, 6) is 0.401. The first-order chi connectivity index (χ1) is 6.93. The van der Waals surface area contributed by atoms with Crippen molar-refractivity contribution in [1.82, 2.24) is 0 Å². The van der Waals surface area contributed by atoms with Crippen molar-refractivity contribution >= 4 is 19.6 Å². The predicted molar refractivity (Wildman–Crippen MR) is 67.1 cm³/mol. The van der Waals surface area contributed by atoms with Crippen LogP contribution in [-0.4, -0.2) is 19.6 Å². The van der Waals surface area contributed by atoms with E-state index in [9.17, 15) is 9.59 Å². The maximum atomic E-state index is 12.7. The third kappa shape index (κ3) is 0.870. The summed E-state index contributed by atoms with van der Waals surface area (Å²) in [4.78, 5) is 25.0. The molecule has 0 unspecified atom stereocenters. The van der Waals surface area contributed by atoms with E-state index >= 15 is 0 Å². The van der Waals surface area contributed by atoms with Gasteiger partial charge in [0.25, 0.3) is 0 Å². The Hall–Kier alpha value is -0.443. The van der Waals surface area contributed by atoms with Gasteiger partial charge in [0.05, 0.1) is 13.5 Å². The summed E-state index contributed by atoms with van der Waals surface area (Å²) in [5, 5.41) is -0.291. The predicted octanol–water partition coefficient (Wildman–Crippen LogP) is 2.90. The van der Waals surface area contributed by atoms with Crippen LogP contribution in [0.15, 0.2) is 0 Å². The number of hydrogen-bond acceptors (Lipinski definition) is 2. The number of fused-ring (bicyclic) bond motifs is 1. The van der Waals surface area contributed by atoms with Crippen LogP contribution < -0.4 is 0 Å². The molecule has 0 spiro atoms. The fourth-order valence-corrected chi connectivity index (χ4v) is 8.77. The Balaban J connectivity index is 2.63. The van der Waals surface area contributed by atoms with Gasteiger partial charge >= 0.3 is 0 Å². The van der Waals surface area contributed by atoms with E-state index < -0.39 is 13.5 Å². The zero-order valence-electron chi connectivity index (χ0n) is 11.4. The first-order valence-corrected chi connectivity index (χ1v) is 9.52. The molecule has 0 aliphatic heterocycles. The number of carbonyl (C=O) groups is 2. The number of ketones is 2. The molecular weight excluding hydrogens is 216 g/mol. The Bertz CT molecular complexity index is 401. The molecule has 16 heavy (non-hydrogen) atoms. The lowest BCUT2D eigenvalue weighted by atomic mass is 9.80. The van der Waals surface area contributed by atoms with Gasteiger partial charge in [-0.2, -0.15) is 0 Å². The molecule has 2 rings (SSSR count). The van der Waals surface area contributed by atoms with E-state index in [-0.39, 0.29) is 27.9 Å². The van der Waals surface area contributed by atoms with Gasteiger partial charge < -0.3 is 0 Å². The maximum Gasteiger partial charge on any atom is 0.150 e. The standard InChI is InChI=1S/C13H22O2Si/c1-11(2)9(14)8-12(3,4)13(8,10(11)15)16(5,6)7/h8H,1-7H3/t8-,13-/m1/s1. The van der Waals surface area contributed by atoms with Crippen molar-refractivity contribution in [2.45, 2.75) is 52.4 Å². The highest BCUT2D eigenvalue weighted by Gasteiger charge is 2.88. The molecule has 0 bridgehead atoms. The van der Waals surface area contributed by atoms with Crippen molar-refractivity contribution in [3.8, 4) is 0 Å². The Morgan fingerprint density at radius 2 is 1.44 bits per heavy atom. The van der Waals surface area contributed by atoms with Crippen molar-refractivity contribution < 1.29 is 9.59 Å². The Kier molecular flexibility index (Phi) is 1.90. The van der Waals surface area contributed by atoms with Crippen molar-refractivity contribution in [2.75, 3.05) is 0 Å². The molecule has 0 saturated heterocycles. The van der Waals surface area contributed by atoms with Crippen LogP contribution in [0.2, 0.25) is 24.7 Å². The lowest BCUT2D eigenvalue weighted by Crippen LogP contribution is -2.43. The van der Waals surface area contributed by atoms with Crippen molar-refractivity contribution in [2.24, 2.45) is 16.7 Å². The van der Waals surface area contributed by atoms with Gasteiger partial charge in [0.1, 0.15) is 5.78 Å². The number of Topliss-reactive ketones (excluding diaryl/α,β-unsaturated/α-hetero) is 2. The van der Waals surface area contributed by atoms with Crippen LogP contribution in [-0.2, 0) is 9.59 Å². The smallest absolute Gasteiger partial charge is 0.150 e. The molecular formula is C13H22O2Si. The van der Waals surface area contributed by atoms with Crippen molar-refractivity contribution in [3.63, 3.8) is 0 Å². The van der Waals surface area contributed by atoms with E-state index in [1.165, 1.54) is 0 Å². The molecule has 2 fully saturated rings. The van der Waals surface area contributed by atoms with E-state index in [1.54, 1.807) is 0 Å². The Morgan fingerprint density at radius 1 is 1.00 bits per heavy atom. The molecule has 2 aliphatic carbocycles. The van der Waals surface area contributed by atoms with E-state index in [1.807, 2.05) is 13.8 Å². The fourth-order valence-electron chi connectivity index (χ4n) is 4.42. The minimum absolute atomic E-state index is 0.00540. The van der Waals surface area contributed by atoms with Gasteiger partial charge in [0, 0.05) is 11.0 Å². The lowest BCUT2D eigenvalue weighted by Gasteiger charge is -2.33. The average Bonchev–Trinajstić information content (AvgIpc) is 2.53. The Morgan fingerprint density at radius 3 is 1.69 bits per heavy atom. The summed E-state index contributed by atoms with van der Waals surface area (Å²) in [6.07, 6.45) is 0. The monoisotopic (exact) mass is 238 g/mol. The first kappa shape index (κ1) is 12.0. The average molecular weight is 238 g/mol. The van der Waals surface area contributed by atoms with Gasteiger partial charge in [0.15, 0.2) is 5.78 Å².